The smallest absolute Gasteiger partial charge is 0.0611 e. The lowest BCUT2D eigenvalue weighted by Gasteiger charge is -2.36. The third kappa shape index (κ3) is 5.32. The second-order valence-electron chi connectivity index (χ2n) is 7.72. The van der Waals surface area contributed by atoms with Gasteiger partial charge in [0.1, 0.15) is 0 Å². The topological polar surface area (TPSA) is 46.2 Å². The van der Waals surface area contributed by atoms with Crippen LogP contribution in [-0.2, 0) is 19.3 Å². The van der Waals surface area contributed by atoms with Crippen LogP contribution in [0.15, 0.2) is 18.2 Å². The molecule has 0 amide bonds. The molecule has 0 heterocycles. The van der Waals surface area contributed by atoms with Gasteiger partial charge in [-0.3, -0.25) is 0 Å². The van der Waals surface area contributed by atoms with E-state index in [-0.39, 0.29) is 6.61 Å². The summed E-state index contributed by atoms with van der Waals surface area (Å²) >= 11 is 0. The molecule has 1 unspecified atom stereocenters. The predicted molar refractivity (Wildman–Crippen MR) is 98.7 cm³/mol. The van der Waals surface area contributed by atoms with Gasteiger partial charge in [0.2, 0.25) is 0 Å². The Kier molecular flexibility index (Phi) is 7.10. The van der Waals surface area contributed by atoms with Crippen LogP contribution < -0.4 is 5.73 Å². The SMILES string of the molecule is CCCCCCCCc1ccc2c(c1)CCC([C@@](C)(N)CO)C2. The van der Waals surface area contributed by atoms with Crippen molar-refractivity contribution in [2.45, 2.75) is 83.6 Å². The molecule has 0 bridgehead atoms. The number of aryl methyl sites for hydroxylation is 2. The number of aliphatic hydroxyl groups is 1. The molecule has 2 heteroatoms. The van der Waals surface area contributed by atoms with E-state index in [4.69, 9.17) is 5.73 Å². The molecule has 0 saturated carbocycles. The second-order valence-corrected chi connectivity index (χ2v) is 7.72. The average molecular weight is 318 g/mol. The van der Waals surface area contributed by atoms with E-state index < -0.39 is 5.54 Å². The maximum Gasteiger partial charge on any atom is 0.0611 e. The summed E-state index contributed by atoms with van der Waals surface area (Å²) in [5.41, 5.74) is 10.2. The Bertz CT molecular complexity index is 481. The minimum atomic E-state index is -0.450. The summed E-state index contributed by atoms with van der Waals surface area (Å²) in [4.78, 5) is 0. The molecular weight excluding hydrogens is 282 g/mol. The van der Waals surface area contributed by atoms with Crippen LogP contribution in [0.3, 0.4) is 0 Å². The van der Waals surface area contributed by atoms with E-state index in [1.165, 1.54) is 61.6 Å². The summed E-state index contributed by atoms with van der Waals surface area (Å²) < 4.78 is 0. The van der Waals surface area contributed by atoms with Crippen molar-refractivity contribution < 1.29 is 5.11 Å². The van der Waals surface area contributed by atoms with Gasteiger partial charge in [-0.15, -0.1) is 0 Å². The van der Waals surface area contributed by atoms with Crippen molar-refractivity contribution in [2.75, 3.05) is 6.61 Å². The molecule has 0 aliphatic heterocycles. The molecule has 23 heavy (non-hydrogen) atoms. The zero-order valence-electron chi connectivity index (χ0n) is 15.1. The lowest BCUT2D eigenvalue weighted by Crippen LogP contribution is -2.49. The molecule has 0 spiro atoms. The maximum atomic E-state index is 9.49. The van der Waals surface area contributed by atoms with Crippen molar-refractivity contribution in [2.24, 2.45) is 11.7 Å². The maximum absolute atomic E-state index is 9.49. The molecule has 1 aromatic rings. The third-order valence-corrected chi connectivity index (χ3v) is 5.59. The van der Waals surface area contributed by atoms with Gasteiger partial charge in [0.05, 0.1) is 6.61 Å². The molecule has 0 fully saturated rings. The van der Waals surface area contributed by atoms with Crippen molar-refractivity contribution in [3.63, 3.8) is 0 Å². The highest BCUT2D eigenvalue weighted by molar-refractivity contribution is 5.35. The third-order valence-electron chi connectivity index (χ3n) is 5.59. The van der Waals surface area contributed by atoms with Crippen LogP contribution >= 0.6 is 0 Å². The van der Waals surface area contributed by atoms with E-state index in [1.807, 2.05) is 6.92 Å². The fourth-order valence-electron chi connectivity index (χ4n) is 3.77. The van der Waals surface area contributed by atoms with Crippen LogP contribution in [-0.4, -0.2) is 17.3 Å². The first-order chi connectivity index (χ1) is 11.1. The lowest BCUT2D eigenvalue weighted by molar-refractivity contribution is 0.144. The van der Waals surface area contributed by atoms with Crippen LogP contribution in [0.5, 0.6) is 0 Å². The molecule has 1 aliphatic rings. The van der Waals surface area contributed by atoms with Gasteiger partial charge in [0.15, 0.2) is 0 Å². The summed E-state index contributed by atoms with van der Waals surface area (Å²) in [6.45, 7) is 4.32. The van der Waals surface area contributed by atoms with Crippen LogP contribution in [0.4, 0.5) is 0 Å². The molecule has 1 aromatic carbocycles. The number of hydrogen-bond acceptors (Lipinski definition) is 2. The van der Waals surface area contributed by atoms with Gasteiger partial charge >= 0.3 is 0 Å². The average Bonchev–Trinajstić information content (AvgIpc) is 2.57. The zero-order chi connectivity index (χ0) is 16.7. The molecular formula is C21H35NO. The standard InChI is InChI=1S/C21H35NO/c1-3-4-5-6-7-8-9-17-10-11-19-15-20(21(2,22)16-23)13-12-18(19)14-17/h10-11,14,20,23H,3-9,12-13,15-16,22H2,1-2H3/t20?,21-/m0/s1. The number of unbranched alkanes of at least 4 members (excludes halogenated alkanes) is 5. The zero-order valence-corrected chi connectivity index (χ0v) is 15.1. The Morgan fingerprint density at radius 2 is 1.87 bits per heavy atom. The first kappa shape index (κ1) is 18.5. The van der Waals surface area contributed by atoms with Crippen molar-refractivity contribution >= 4 is 0 Å². The van der Waals surface area contributed by atoms with Crippen molar-refractivity contribution in [1.29, 1.82) is 0 Å². The van der Waals surface area contributed by atoms with Gasteiger partial charge in [-0.2, -0.15) is 0 Å². The number of nitrogens with two attached hydrogens (primary N) is 1. The van der Waals surface area contributed by atoms with Gasteiger partial charge in [-0.25, -0.2) is 0 Å². The molecule has 2 rings (SSSR count). The van der Waals surface area contributed by atoms with Crippen molar-refractivity contribution in [1.82, 2.24) is 0 Å². The Balaban J connectivity index is 1.84. The minimum absolute atomic E-state index is 0.0725. The van der Waals surface area contributed by atoms with E-state index in [1.54, 1.807) is 0 Å². The molecule has 0 aromatic heterocycles. The van der Waals surface area contributed by atoms with Gasteiger partial charge in [-0.1, -0.05) is 57.2 Å². The highest BCUT2D eigenvalue weighted by atomic mass is 16.3. The number of fused-ring (bicyclic) bond motifs is 1. The van der Waals surface area contributed by atoms with Crippen LogP contribution in [0.2, 0.25) is 0 Å². The molecule has 3 N–H and O–H groups in total. The Morgan fingerprint density at radius 3 is 2.61 bits per heavy atom. The Labute approximate surface area is 142 Å². The highest BCUT2D eigenvalue weighted by Crippen LogP contribution is 2.32. The van der Waals surface area contributed by atoms with E-state index >= 15 is 0 Å². The molecule has 0 radical (unpaired) electrons. The normalized spacial score (nSPS) is 20.1. The summed E-state index contributed by atoms with van der Waals surface area (Å²) in [6, 6.07) is 7.03. The molecule has 2 atom stereocenters. The van der Waals surface area contributed by atoms with Gasteiger partial charge in [-0.05, 0) is 61.6 Å². The second kappa shape index (κ2) is 8.84. The number of hydrogen-bond donors (Lipinski definition) is 2. The summed E-state index contributed by atoms with van der Waals surface area (Å²) in [5, 5.41) is 9.49. The Hall–Kier alpha value is -0.860. The van der Waals surface area contributed by atoms with E-state index in [0.29, 0.717) is 5.92 Å². The van der Waals surface area contributed by atoms with Gasteiger partial charge in [0, 0.05) is 5.54 Å². The van der Waals surface area contributed by atoms with Crippen molar-refractivity contribution in [3.8, 4) is 0 Å². The molecule has 130 valence electrons. The molecule has 0 saturated heterocycles. The largest absolute Gasteiger partial charge is 0.394 e. The van der Waals surface area contributed by atoms with E-state index in [2.05, 4.69) is 25.1 Å². The molecule has 1 aliphatic carbocycles. The number of aliphatic hydroxyl groups excluding tert-OH is 1. The summed E-state index contributed by atoms with van der Waals surface area (Å²) in [7, 11) is 0. The first-order valence-electron chi connectivity index (χ1n) is 9.57. The van der Waals surface area contributed by atoms with E-state index in [0.717, 1.165) is 19.3 Å². The first-order valence-corrected chi connectivity index (χ1v) is 9.57. The van der Waals surface area contributed by atoms with Crippen molar-refractivity contribution in [3.05, 3.63) is 34.9 Å². The monoisotopic (exact) mass is 317 g/mol. The fourth-order valence-corrected chi connectivity index (χ4v) is 3.77. The number of benzene rings is 1. The number of rotatable bonds is 9. The highest BCUT2D eigenvalue weighted by Gasteiger charge is 2.32. The predicted octanol–water partition coefficient (Wildman–Crippen LogP) is 4.40. The fraction of sp³-hybridized carbons (Fsp3) is 0.714. The Morgan fingerprint density at radius 1 is 1.13 bits per heavy atom. The van der Waals surface area contributed by atoms with Crippen LogP contribution in [0, 0.1) is 5.92 Å². The van der Waals surface area contributed by atoms with Gasteiger partial charge in [0.25, 0.3) is 0 Å². The lowest BCUT2D eigenvalue weighted by atomic mass is 9.74. The van der Waals surface area contributed by atoms with E-state index in [9.17, 15) is 5.11 Å². The molecule has 2 nitrogen and oxygen atoms in total. The minimum Gasteiger partial charge on any atom is -0.394 e. The van der Waals surface area contributed by atoms with Gasteiger partial charge < -0.3 is 10.8 Å². The van der Waals surface area contributed by atoms with Crippen LogP contribution in [0.1, 0.15) is 75.5 Å². The summed E-state index contributed by atoms with van der Waals surface area (Å²) in [6.07, 6.45) is 12.6. The van der Waals surface area contributed by atoms with Crippen LogP contribution in [0.25, 0.3) is 0 Å². The summed E-state index contributed by atoms with van der Waals surface area (Å²) in [5.74, 6) is 0.393. The quantitative estimate of drug-likeness (QED) is 0.663.